The predicted molar refractivity (Wildman–Crippen MR) is 96.1 cm³/mol. The molecule has 0 saturated carbocycles. The van der Waals surface area contributed by atoms with Gasteiger partial charge in [-0.3, -0.25) is 9.00 Å². The van der Waals surface area contributed by atoms with Gasteiger partial charge < -0.3 is 4.74 Å². The average molecular weight is 344 g/mol. The number of nitrogens with zero attached hydrogens (tertiary/aromatic N) is 1. The number of hydrazone groups is 1. The SMILES string of the molecule is C#CCS(=O)c1cc(C=C(C)C2=NNC(=O)CC2C)ccc1OC. The van der Waals surface area contributed by atoms with Crippen LogP contribution in [-0.2, 0) is 15.6 Å². The lowest BCUT2D eigenvalue weighted by molar-refractivity contribution is -0.121. The Kier molecular flexibility index (Phi) is 5.93. The molecular weight excluding hydrogens is 324 g/mol. The molecule has 1 N–H and O–H groups in total. The smallest absolute Gasteiger partial charge is 0.240 e. The Morgan fingerprint density at radius 2 is 2.33 bits per heavy atom. The second kappa shape index (κ2) is 7.93. The maximum absolute atomic E-state index is 12.2. The fraction of sp³-hybridized carbons (Fsp3) is 0.333. The largest absolute Gasteiger partial charge is 0.495 e. The number of terminal acetylenes is 1. The van der Waals surface area contributed by atoms with Gasteiger partial charge in [0.05, 0.1) is 34.3 Å². The molecule has 5 nitrogen and oxygen atoms in total. The topological polar surface area (TPSA) is 67.8 Å². The number of allylic oxidation sites excluding steroid dienone is 1. The molecule has 0 aromatic heterocycles. The van der Waals surface area contributed by atoms with Crippen LogP contribution in [0.15, 0.2) is 33.8 Å². The lowest BCUT2D eigenvalue weighted by Crippen LogP contribution is -2.31. The minimum absolute atomic E-state index is 0.0586. The molecule has 0 aliphatic carbocycles. The van der Waals surface area contributed by atoms with E-state index in [1.54, 1.807) is 6.07 Å². The number of methoxy groups -OCH3 is 1. The quantitative estimate of drug-likeness (QED) is 0.834. The maximum atomic E-state index is 12.2. The van der Waals surface area contributed by atoms with E-state index in [1.807, 2.05) is 32.1 Å². The monoisotopic (exact) mass is 344 g/mol. The zero-order valence-electron chi connectivity index (χ0n) is 14.0. The van der Waals surface area contributed by atoms with Crippen molar-refractivity contribution >= 4 is 28.5 Å². The summed E-state index contributed by atoms with van der Waals surface area (Å²) in [4.78, 5) is 11.9. The lowest BCUT2D eigenvalue weighted by atomic mass is 9.93. The van der Waals surface area contributed by atoms with Gasteiger partial charge in [0.2, 0.25) is 5.91 Å². The van der Waals surface area contributed by atoms with Crippen LogP contribution in [-0.4, -0.2) is 28.7 Å². The van der Waals surface area contributed by atoms with E-state index in [1.165, 1.54) is 7.11 Å². The van der Waals surface area contributed by atoms with Gasteiger partial charge in [-0.05, 0) is 30.2 Å². The first-order chi connectivity index (χ1) is 11.5. The van der Waals surface area contributed by atoms with Crippen molar-refractivity contribution < 1.29 is 13.7 Å². The maximum Gasteiger partial charge on any atom is 0.240 e. The van der Waals surface area contributed by atoms with Gasteiger partial charge in [0.25, 0.3) is 0 Å². The van der Waals surface area contributed by atoms with Gasteiger partial charge in [0.1, 0.15) is 5.75 Å². The summed E-state index contributed by atoms with van der Waals surface area (Å²) in [5.74, 6) is 3.08. The summed E-state index contributed by atoms with van der Waals surface area (Å²) in [6.45, 7) is 3.91. The summed E-state index contributed by atoms with van der Waals surface area (Å²) in [5, 5.41) is 4.15. The molecule has 0 fully saturated rings. The first-order valence-electron chi connectivity index (χ1n) is 7.51. The van der Waals surface area contributed by atoms with E-state index in [2.05, 4.69) is 16.4 Å². The number of carbonyl (C=O) groups excluding carboxylic acids is 1. The Balaban J connectivity index is 2.35. The molecule has 0 radical (unpaired) electrons. The molecule has 2 rings (SSSR count). The number of hydrogen-bond donors (Lipinski definition) is 1. The van der Waals surface area contributed by atoms with Gasteiger partial charge in [-0.1, -0.05) is 25.0 Å². The molecule has 126 valence electrons. The standard InChI is InChI=1S/C18H20N2O3S/c1-5-8-24(22)16-11-14(6-7-15(16)23-4)9-12(2)18-13(3)10-17(21)19-20-18/h1,6-7,9,11,13H,8,10H2,2-4H3,(H,19,21). The number of benzene rings is 1. The van der Waals surface area contributed by atoms with Gasteiger partial charge in [-0.15, -0.1) is 6.42 Å². The molecule has 2 unspecified atom stereocenters. The zero-order valence-corrected chi connectivity index (χ0v) is 14.8. The molecule has 1 aliphatic rings. The second-order valence-corrected chi connectivity index (χ2v) is 6.99. The van der Waals surface area contributed by atoms with Gasteiger partial charge in [-0.2, -0.15) is 5.10 Å². The third-order valence-electron chi connectivity index (χ3n) is 3.69. The molecule has 6 heteroatoms. The minimum Gasteiger partial charge on any atom is -0.495 e. The molecule has 1 heterocycles. The number of ether oxygens (including phenoxy) is 1. The molecule has 0 spiro atoms. The molecule has 0 saturated heterocycles. The van der Waals surface area contributed by atoms with Crippen LogP contribution in [0.25, 0.3) is 6.08 Å². The molecule has 1 aromatic carbocycles. The number of hydrogen-bond acceptors (Lipinski definition) is 4. The zero-order chi connectivity index (χ0) is 17.7. The average Bonchev–Trinajstić information content (AvgIpc) is 2.54. The number of amides is 1. The Bertz CT molecular complexity index is 775. The molecule has 0 bridgehead atoms. The molecule has 1 aromatic rings. The van der Waals surface area contributed by atoms with Crippen molar-refractivity contribution in [3.05, 3.63) is 29.3 Å². The van der Waals surface area contributed by atoms with Crippen LogP contribution < -0.4 is 10.2 Å². The van der Waals surface area contributed by atoms with Gasteiger partial charge >= 0.3 is 0 Å². The van der Waals surface area contributed by atoms with Crippen LogP contribution >= 0.6 is 0 Å². The number of carbonyl (C=O) groups is 1. The summed E-state index contributed by atoms with van der Waals surface area (Å²) in [5.41, 5.74) is 5.18. The number of rotatable bonds is 5. The van der Waals surface area contributed by atoms with E-state index in [4.69, 9.17) is 11.2 Å². The first-order valence-corrected chi connectivity index (χ1v) is 8.83. The van der Waals surface area contributed by atoms with E-state index < -0.39 is 10.8 Å². The van der Waals surface area contributed by atoms with E-state index in [-0.39, 0.29) is 17.6 Å². The van der Waals surface area contributed by atoms with Crippen molar-refractivity contribution in [2.75, 3.05) is 12.9 Å². The Morgan fingerprint density at radius 3 is 2.96 bits per heavy atom. The van der Waals surface area contributed by atoms with Crippen LogP contribution in [0, 0.1) is 18.3 Å². The highest BCUT2D eigenvalue weighted by atomic mass is 32.2. The first kappa shape index (κ1) is 18.0. The summed E-state index contributed by atoms with van der Waals surface area (Å²) in [6.07, 6.45) is 7.62. The van der Waals surface area contributed by atoms with Crippen molar-refractivity contribution in [1.82, 2.24) is 5.43 Å². The van der Waals surface area contributed by atoms with Crippen molar-refractivity contribution in [3.63, 3.8) is 0 Å². The van der Waals surface area contributed by atoms with Crippen LogP contribution in [0.5, 0.6) is 5.75 Å². The molecular formula is C18H20N2O3S. The Labute approximate surface area is 144 Å². The van der Waals surface area contributed by atoms with E-state index >= 15 is 0 Å². The van der Waals surface area contributed by atoms with Gasteiger partial charge in [0.15, 0.2) is 0 Å². The van der Waals surface area contributed by atoms with Crippen molar-refractivity contribution in [2.24, 2.45) is 11.0 Å². The predicted octanol–water partition coefficient (Wildman–Crippen LogP) is 2.35. The number of nitrogens with one attached hydrogen (secondary N) is 1. The van der Waals surface area contributed by atoms with Gasteiger partial charge in [-0.25, -0.2) is 5.43 Å². The van der Waals surface area contributed by atoms with Gasteiger partial charge in [0, 0.05) is 12.3 Å². The second-order valence-electron chi connectivity index (χ2n) is 5.57. The molecule has 1 aliphatic heterocycles. The fourth-order valence-electron chi connectivity index (χ4n) is 2.57. The lowest BCUT2D eigenvalue weighted by Gasteiger charge is -2.19. The highest BCUT2D eigenvalue weighted by Gasteiger charge is 2.21. The molecule has 2 atom stereocenters. The van der Waals surface area contributed by atoms with E-state index in [9.17, 15) is 9.00 Å². The minimum atomic E-state index is -1.31. The van der Waals surface area contributed by atoms with Crippen LogP contribution in [0.4, 0.5) is 0 Å². The normalized spacial score (nSPS) is 19.1. The molecule has 24 heavy (non-hydrogen) atoms. The summed E-state index contributed by atoms with van der Waals surface area (Å²) in [6, 6.07) is 5.46. The molecule has 1 amide bonds. The summed E-state index contributed by atoms with van der Waals surface area (Å²) >= 11 is 0. The van der Waals surface area contributed by atoms with Crippen molar-refractivity contribution in [1.29, 1.82) is 0 Å². The van der Waals surface area contributed by atoms with Crippen LogP contribution in [0.1, 0.15) is 25.8 Å². The third-order valence-corrected chi connectivity index (χ3v) is 4.93. The Hall–Kier alpha value is -2.39. The van der Waals surface area contributed by atoms with E-state index in [0.29, 0.717) is 17.1 Å². The van der Waals surface area contributed by atoms with Crippen molar-refractivity contribution in [3.8, 4) is 18.1 Å². The highest BCUT2D eigenvalue weighted by molar-refractivity contribution is 7.85. The van der Waals surface area contributed by atoms with Crippen LogP contribution in [0.2, 0.25) is 0 Å². The highest BCUT2D eigenvalue weighted by Crippen LogP contribution is 2.26. The fourth-order valence-corrected chi connectivity index (χ4v) is 3.52. The van der Waals surface area contributed by atoms with Crippen molar-refractivity contribution in [2.45, 2.75) is 25.2 Å². The summed E-state index contributed by atoms with van der Waals surface area (Å²) < 4.78 is 17.5. The Morgan fingerprint density at radius 1 is 1.58 bits per heavy atom. The van der Waals surface area contributed by atoms with Crippen LogP contribution in [0.3, 0.4) is 0 Å². The summed E-state index contributed by atoms with van der Waals surface area (Å²) in [7, 11) is 0.221. The third kappa shape index (κ3) is 4.12. The van der Waals surface area contributed by atoms with E-state index in [0.717, 1.165) is 16.8 Å².